The minimum absolute atomic E-state index is 0.250. The van der Waals surface area contributed by atoms with Crippen LogP contribution in [-0.2, 0) is 0 Å². The van der Waals surface area contributed by atoms with Crippen LogP contribution >= 0.6 is 0 Å². The summed E-state index contributed by atoms with van der Waals surface area (Å²) in [6, 6.07) is 0. The van der Waals surface area contributed by atoms with Crippen molar-refractivity contribution in [1.82, 2.24) is 17.8 Å². The maximum absolute atomic E-state index is 3.85. The fourth-order valence-corrected chi connectivity index (χ4v) is 21.0. The number of hydrogen-bond donors (Lipinski definition) is 2. The molecule has 0 saturated carbocycles. The second-order valence-corrected chi connectivity index (χ2v) is 20.1. The summed E-state index contributed by atoms with van der Waals surface area (Å²) in [6.45, 7) is 12.2. The molecular formula is C7H26N4Si4. The Kier molecular flexibility index (Phi) is 4.16. The Morgan fingerprint density at radius 1 is 1.13 bits per heavy atom. The summed E-state index contributed by atoms with van der Waals surface area (Å²) in [5.74, 6) is 0. The van der Waals surface area contributed by atoms with Crippen molar-refractivity contribution in [2.24, 2.45) is 0 Å². The summed E-state index contributed by atoms with van der Waals surface area (Å²) >= 11 is 0. The predicted octanol–water partition coefficient (Wildman–Crippen LogP) is -0.704. The van der Waals surface area contributed by atoms with Gasteiger partial charge in [0.05, 0.1) is 0 Å². The summed E-state index contributed by atoms with van der Waals surface area (Å²) in [5.41, 5.74) is 0. The average Bonchev–Trinajstić information content (AvgIpc) is 2.13. The summed E-state index contributed by atoms with van der Waals surface area (Å²) < 4.78 is 13.1. The zero-order valence-electron chi connectivity index (χ0n) is 11.2. The molecule has 0 spiro atoms. The van der Waals surface area contributed by atoms with Gasteiger partial charge in [-0.05, 0) is 46.8 Å². The monoisotopic (exact) mass is 278 g/mol. The van der Waals surface area contributed by atoms with Gasteiger partial charge in [-0.15, -0.1) is 0 Å². The normalized spacial score (nSPS) is 35.0. The Morgan fingerprint density at radius 3 is 2.20 bits per heavy atom. The first-order valence-electron chi connectivity index (χ1n) is 5.65. The topological polar surface area (TPSA) is 30.5 Å². The van der Waals surface area contributed by atoms with E-state index in [0.717, 1.165) is 0 Å². The lowest BCUT2D eigenvalue weighted by Gasteiger charge is -2.52. The number of nitrogens with zero attached hydrogens (tertiary/aromatic N) is 2. The molecule has 1 atom stereocenters. The molecule has 0 radical (unpaired) electrons. The molecule has 0 aromatic carbocycles. The molecule has 1 heterocycles. The average molecular weight is 279 g/mol. The van der Waals surface area contributed by atoms with E-state index in [4.69, 9.17) is 0 Å². The van der Waals surface area contributed by atoms with Crippen LogP contribution in [-0.4, -0.2) is 58.3 Å². The zero-order chi connectivity index (χ0) is 11.9. The molecule has 1 saturated heterocycles. The van der Waals surface area contributed by atoms with E-state index in [2.05, 4.69) is 64.6 Å². The van der Waals surface area contributed by atoms with Crippen LogP contribution < -0.4 is 9.30 Å². The van der Waals surface area contributed by atoms with E-state index in [-0.39, 0.29) is 9.84 Å². The maximum atomic E-state index is 3.85. The molecule has 15 heavy (non-hydrogen) atoms. The van der Waals surface area contributed by atoms with E-state index in [1.165, 1.54) is 0 Å². The molecule has 2 N–H and O–H groups in total. The molecule has 0 aliphatic carbocycles. The van der Waals surface area contributed by atoms with Crippen molar-refractivity contribution in [1.29, 1.82) is 0 Å². The molecule has 1 unspecified atom stereocenters. The van der Waals surface area contributed by atoms with E-state index < -0.39 is 25.9 Å². The van der Waals surface area contributed by atoms with Gasteiger partial charge in [-0.3, -0.25) is 0 Å². The molecule has 90 valence electrons. The lowest BCUT2D eigenvalue weighted by atomic mass is 11.6. The Hall–Kier alpha value is 0.708. The first kappa shape index (κ1) is 13.8. The summed E-state index contributed by atoms with van der Waals surface area (Å²) in [4.78, 5) is 0. The van der Waals surface area contributed by atoms with E-state index in [1.54, 1.807) is 0 Å². The second kappa shape index (κ2) is 4.53. The maximum Gasteiger partial charge on any atom is 0.188 e. The molecule has 1 aliphatic heterocycles. The van der Waals surface area contributed by atoms with Crippen molar-refractivity contribution in [3.8, 4) is 0 Å². The third kappa shape index (κ3) is 2.69. The van der Waals surface area contributed by atoms with Crippen molar-refractivity contribution < 1.29 is 0 Å². The Morgan fingerprint density at radius 2 is 1.67 bits per heavy atom. The fraction of sp³-hybridized carbons (Fsp3) is 1.00. The van der Waals surface area contributed by atoms with Gasteiger partial charge in [-0.2, -0.15) is 0 Å². The van der Waals surface area contributed by atoms with E-state index >= 15 is 0 Å². The highest BCUT2D eigenvalue weighted by atomic mass is 28.5. The van der Waals surface area contributed by atoms with Crippen molar-refractivity contribution in [3.63, 3.8) is 0 Å². The van der Waals surface area contributed by atoms with Gasteiger partial charge in [0.15, 0.2) is 35.8 Å². The number of rotatable bonds is 0. The van der Waals surface area contributed by atoms with Gasteiger partial charge in [0.1, 0.15) is 0 Å². The minimum atomic E-state index is -1.39. The number of hydrogen-bond acceptors (Lipinski definition) is 4. The van der Waals surface area contributed by atoms with Gasteiger partial charge in [-0.25, -0.2) is 0 Å². The van der Waals surface area contributed by atoms with E-state index in [1.807, 2.05) is 0 Å². The van der Waals surface area contributed by atoms with Crippen LogP contribution in [0.25, 0.3) is 0 Å². The molecule has 0 bridgehead atoms. The molecule has 0 amide bonds. The van der Waals surface area contributed by atoms with Crippen molar-refractivity contribution in [2.75, 3.05) is 14.1 Å². The molecule has 0 aromatic heterocycles. The lowest BCUT2D eigenvalue weighted by molar-refractivity contribution is 0.613. The molecule has 1 rings (SSSR count). The summed E-state index contributed by atoms with van der Waals surface area (Å²) in [5, 5.41) is 0. The highest BCUT2D eigenvalue weighted by Gasteiger charge is 2.43. The smallest absolute Gasteiger partial charge is 0.188 e. The lowest BCUT2D eigenvalue weighted by Crippen LogP contribution is -2.79. The summed E-state index contributed by atoms with van der Waals surface area (Å²) in [7, 11) is 0.808. The van der Waals surface area contributed by atoms with Crippen LogP contribution in [0.15, 0.2) is 0 Å². The van der Waals surface area contributed by atoms with Gasteiger partial charge in [0, 0.05) is 0 Å². The molecule has 1 fully saturated rings. The molecule has 4 nitrogen and oxygen atoms in total. The van der Waals surface area contributed by atoms with Crippen LogP contribution in [0.3, 0.4) is 0 Å². The van der Waals surface area contributed by atoms with Crippen molar-refractivity contribution in [2.45, 2.75) is 32.7 Å². The van der Waals surface area contributed by atoms with Crippen LogP contribution in [0.4, 0.5) is 0 Å². The first-order chi connectivity index (χ1) is 6.69. The van der Waals surface area contributed by atoms with E-state index in [9.17, 15) is 0 Å². The highest BCUT2D eigenvalue weighted by Crippen LogP contribution is 2.19. The van der Waals surface area contributed by atoms with Crippen LogP contribution in [0.2, 0.25) is 32.7 Å². The van der Waals surface area contributed by atoms with Gasteiger partial charge in [0.2, 0.25) is 0 Å². The standard InChI is InChI=1S/C7H26N4Si4/c1-10-13(3)8-12-9-14(4,5)11(2)15(10,6)7/h8-9,13H,12H2,1-7H3. The van der Waals surface area contributed by atoms with Gasteiger partial charge in [0.25, 0.3) is 0 Å². The summed E-state index contributed by atoms with van der Waals surface area (Å²) in [6.07, 6.45) is 0. The minimum Gasteiger partial charge on any atom is -0.343 e. The third-order valence-electron chi connectivity index (χ3n) is 4.02. The van der Waals surface area contributed by atoms with Crippen LogP contribution in [0.1, 0.15) is 0 Å². The molecule has 0 aromatic rings. The fourth-order valence-electron chi connectivity index (χ4n) is 2.07. The van der Waals surface area contributed by atoms with Crippen LogP contribution in [0, 0.1) is 0 Å². The predicted molar refractivity (Wildman–Crippen MR) is 78.3 cm³/mol. The van der Waals surface area contributed by atoms with Gasteiger partial charge < -0.3 is 17.8 Å². The quantitative estimate of drug-likeness (QED) is 0.574. The number of nitrogens with one attached hydrogen (secondary N) is 2. The molecular weight excluding hydrogens is 252 g/mol. The molecule has 1 aliphatic rings. The van der Waals surface area contributed by atoms with Crippen molar-refractivity contribution in [3.05, 3.63) is 0 Å². The van der Waals surface area contributed by atoms with E-state index in [0.29, 0.717) is 0 Å². The Labute approximate surface area is 100 Å². The van der Waals surface area contributed by atoms with Crippen molar-refractivity contribution >= 4 is 35.8 Å². The largest absolute Gasteiger partial charge is 0.343 e. The van der Waals surface area contributed by atoms with Crippen LogP contribution in [0.5, 0.6) is 0 Å². The van der Waals surface area contributed by atoms with Gasteiger partial charge in [-0.1, -0.05) is 0 Å². The SMILES string of the molecule is CN1[SiH](C)N[SiH2]N[Si](C)(C)N(C)[Si]1(C)C. The zero-order valence-corrected chi connectivity index (χ0v) is 15.7. The Bertz CT molecular complexity index is 235. The third-order valence-corrected chi connectivity index (χ3v) is 24.0. The first-order valence-corrected chi connectivity index (χ1v) is 15.2. The van der Waals surface area contributed by atoms with Gasteiger partial charge >= 0.3 is 0 Å². The Balaban J connectivity index is 2.97. The molecule has 8 heteroatoms. The second-order valence-electron chi connectivity index (χ2n) is 5.46. The highest BCUT2D eigenvalue weighted by molar-refractivity contribution is 6.95.